The van der Waals surface area contributed by atoms with Crippen LogP contribution in [0.5, 0.6) is 0 Å². The largest absolute Gasteiger partial charge is 0.394 e. The second-order valence-electron chi connectivity index (χ2n) is 7.89. The maximum atomic E-state index is 10.5. The molecule has 5 atom stereocenters. The van der Waals surface area contributed by atoms with Crippen LogP contribution >= 0.6 is 11.8 Å². The van der Waals surface area contributed by atoms with Gasteiger partial charge in [0.1, 0.15) is 18.3 Å². The molecule has 1 aromatic carbocycles. The Kier molecular flexibility index (Phi) is 7.27. The highest BCUT2D eigenvalue weighted by Crippen LogP contribution is 2.34. The first-order chi connectivity index (χ1) is 15.5. The normalized spacial score (nSPS) is 24.2. The van der Waals surface area contributed by atoms with Gasteiger partial charge in [0.25, 0.3) is 0 Å². The molecule has 1 fully saturated rings. The standard InChI is InChI=1S/C22H29N5O4S/c1-3-4-10-32-22-25-19(24-13(2)14-8-6-5-7-9-14)16-20(26-22)27(12-23-16)21-18(30)17(29)15(11-28)31-21/h5-9,12-13,15,17-18,21,28-30H,3-4,10-11H2,1-2H3,(H,24,25,26)/t13?,15-,17-,18-,21-/m1/s1. The van der Waals surface area contributed by atoms with E-state index in [4.69, 9.17) is 9.72 Å². The fourth-order valence-corrected chi connectivity index (χ4v) is 4.62. The molecule has 1 saturated heterocycles. The lowest BCUT2D eigenvalue weighted by Crippen LogP contribution is -2.33. The fourth-order valence-electron chi connectivity index (χ4n) is 3.70. The van der Waals surface area contributed by atoms with Crippen LogP contribution in [0.2, 0.25) is 0 Å². The zero-order valence-corrected chi connectivity index (χ0v) is 18.9. The van der Waals surface area contributed by atoms with E-state index >= 15 is 0 Å². The van der Waals surface area contributed by atoms with Crippen molar-refractivity contribution < 1.29 is 20.1 Å². The van der Waals surface area contributed by atoms with Gasteiger partial charge in [-0.25, -0.2) is 15.0 Å². The first-order valence-corrected chi connectivity index (χ1v) is 11.8. The minimum absolute atomic E-state index is 0.0122. The topological polar surface area (TPSA) is 126 Å². The summed E-state index contributed by atoms with van der Waals surface area (Å²) in [6.07, 6.45) is -0.541. The second kappa shape index (κ2) is 10.1. The van der Waals surface area contributed by atoms with Crippen LogP contribution in [0.1, 0.15) is 44.5 Å². The van der Waals surface area contributed by atoms with Gasteiger partial charge in [0, 0.05) is 5.75 Å². The summed E-state index contributed by atoms with van der Waals surface area (Å²) in [5, 5.41) is 34.2. The van der Waals surface area contributed by atoms with Gasteiger partial charge in [0.15, 0.2) is 28.4 Å². The Morgan fingerprint density at radius 2 is 1.97 bits per heavy atom. The van der Waals surface area contributed by atoms with E-state index in [-0.39, 0.29) is 6.04 Å². The van der Waals surface area contributed by atoms with Gasteiger partial charge >= 0.3 is 0 Å². The summed E-state index contributed by atoms with van der Waals surface area (Å²) in [5.74, 6) is 1.48. The Balaban J connectivity index is 1.71. The molecule has 0 saturated carbocycles. The Labute approximate surface area is 190 Å². The maximum absolute atomic E-state index is 10.5. The summed E-state index contributed by atoms with van der Waals surface area (Å²) >= 11 is 1.56. The van der Waals surface area contributed by atoms with Crippen molar-refractivity contribution in [1.82, 2.24) is 19.5 Å². The van der Waals surface area contributed by atoms with Crippen molar-refractivity contribution in [2.75, 3.05) is 17.7 Å². The molecular weight excluding hydrogens is 430 g/mol. The summed E-state index contributed by atoms with van der Waals surface area (Å²) in [6, 6.07) is 10.0. The summed E-state index contributed by atoms with van der Waals surface area (Å²) in [5.41, 5.74) is 2.16. The van der Waals surface area contributed by atoms with E-state index in [2.05, 4.69) is 29.1 Å². The van der Waals surface area contributed by atoms with Crippen LogP contribution in [0.25, 0.3) is 11.2 Å². The summed E-state index contributed by atoms with van der Waals surface area (Å²) in [7, 11) is 0. The smallest absolute Gasteiger partial charge is 0.191 e. The number of thioether (sulfide) groups is 1. The third kappa shape index (κ3) is 4.60. The summed E-state index contributed by atoms with van der Waals surface area (Å²) in [4.78, 5) is 13.9. The molecule has 0 spiro atoms. The third-order valence-corrected chi connectivity index (χ3v) is 6.51. The molecule has 1 aliphatic heterocycles. The molecule has 1 aliphatic rings. The van der Waals surface area contributed by atoms with Crippen molar-refractivity contribution in [3.05, 3.63) is 42.2 Å². The lowest BCUT2D eigenvalue weighted by molar-refractivity contribution is -0.0511. The Hall–Kier alpha value is -2.24. The average Bonchev–Trinajstić information content (AvgIpc) is 3.35. The number of hydrogen-bond donors (Lipinski definition) is 4. The second-order valence-corrected chi connectivity index (χ2v) is 8.95. The minimum Gasteiger partial charge on any atom is -0.394 e. The molecule has 0 bridgehead atoms. The van der Waals surface area contributed by atoms with Crippen molar-refractivity contribution in [2.45, 2.75) is 62.4 Å². The Bertz CT molecular complexity index is 1030. The zero-order valence-electron chi connectivity index (χ0n) is 18.1. The van der Waals surface area contributed by atoms with Crippen molar-refractivity contribution in [2.24, 2.45) is 0 Å². The van der Waals surface area contributed by atoms with Gasteiger partial charge in [-0.05, 0) is 18.9 Å². The Morgan fingerprint density at radius 1 is 1.19 bits per heavy atom. The number of benzene rings is 1. The summed E-state index contributed by atoms with van der Waals surface area (Å²) in [6.45, 7) is 3.79. The number of ether oxygens (including phenoxy) is 1. The fraction of sp³-hybridized carbons (Fsp3) is 0.500. The first kappa shape index (κ1) is 22.9. The minimum atomic E-state index is -1.21. The molecular formula is C22H29N5O4S. The predicted octanol–water partition coefficient (Wildman–Crippen LogP) is 2.50. The lowest BCUT2D eigenvalue weighted by atomic mass is 10.1. The molecule has 10 heteroatoms. The van der Waals surface area contributed by atoms with Crippen molar-refractivity contribution in [3.8, 4) is 0 Å². The highest BCUT2D eigenvalue weighted by Gasteiger charge is 2.44. The highest BCUT2D eigenvalue weighted by molar-refractivity contribution is 7.99. The van der Waals surface area contributed by atoms with Crippen LogP contribution < -0.4 is 5.32 Å². The van der Waals surface area contributed by atoms with E-state index in [0.717, 1.165) is 24.2 Å². The number of aliphatic hydroxyl groups is 3. The molecule has 1 unspecified atom stereocenters. The van der Waals surface area contributed by atoms with Crippen LogP contribution in [0.3, 0.4) is 0 Å². The molecule has 3 heterocycles. The molecule has 32 heavy (non-hydrogen) atoms. The molecule has 0 aliphatic carbocycles. The van der Waals surface area contributed by atoms with E-state index in [1.807, 2.05) is 30.3 Å². The van der Waals surface area contributed by atoms with Gasteiger partial charge in [-0.3, -0.25) is 4.57 Å². The number of imidazole rings is 1. The van der Waals surface area contributed by atoms with E-state index in [1.165, 1.54) is 6.33 Å². The van der Waals surface area contributed by atoms with Gasteiger partial charge in [0.2, 0.25) is 0 Å². The van der Waals surface area contributed by atoms with Gasteiger partial charge in [-0.1, -0.05) is 55.4 Å². The zero-order chi connectivity index (χ0) is 22.7. The summed E-state index contributed by atoms with van der Waals surface area (Å²) < 4.78 is 7.30. The molecule has 9 nitrogen and oxygen atoms in total. The third-order valence-electron chi connectivity index (χ3n) is 5.57. The molecule has 4 N–H and O–H groups in total. The van der Waals surface area contributed by atoms with Crippen molar-refractivity contribution in [3.63, 3.8) is 0 Å². The number of rotatable bonds is 9. The van der Waals surface area contributed by atoms with E-state index in [9.17, 15) is 15.3 Å². The molecule has 2 aromatic heterocycles. The highest BCUT2D eigenvalue weighted by atomic mass is 32.2. The molecule has 0 radical (unpaired) electrons. The first-order valence-electron chi connectivity index (χ1n) is 10.8. The number of aliphatic hydroxyl groups excluding tert-OH is 3. The van der Waals surface area contributed by atoms with E-state index in [1.54, 1.807) is 16.3 Å². The SMILES string of the molecule is CCCCSc1nc(NC(C)c2ccccc2)c2ncn([C@@H]3O[C@H](CO)[C@@H](O)[C@H]3O)c2n1. The lowest BCUT2D eigenvalue weighted by Gasteiger charge is -2.18. The quantitative estimate of drug-likeness (QED) is 0.217. The number of anilines is 1. The van der Waals surface area contributed by atoms with Gasteiger partial charge in [0.05, 0.1) is 19.0 Å². The van der Waals surface area contributed by atoms with E-state index < -0.39 is 31.1 Å². The molecule has 4 rings (SSSR count). The van der Waals surface area contributed by atoms with Crippen LogP contribution in [-0.4, -0.2) is 65.5 Å². The number of aromatic nitrogens is 4. The number of fused-ring (bicyclic) bond motifs is 1. The van der Waals surface area contributed by atoms with Crippen LogP contribution in [0.4, 0.5) is 5.82 Å². The van der Waals surface area contributed by atoms with Gasteiger partial charge in [-0.2, -0.15) is 0 Å². The number of unbranched alkanes of at least 4 members (excludes halogenated alkanes) is 1. The van der Waals surface area contributed by atoms with Gasteiger partial charge < -0.3 is 25.4 Å². The van der Waals surface area contributed by atoms with Gasteiger partial charge in [-0.15, -0.1) is 0 Å². The number of hydrogen-bond acceptors (Lipinski definition) is 9. The number of nitrogens with one attached hydrogen (secondary N) is 1. The van der Waals surface area contributed by atoms with E-state index in [0.29, 0.717) is 22.1 Å². The van der Waals surface area contributed by atoms with Crippen molar-refractivity contribution >= 4 is 28.7 Å². The molecule has 172 valence electrons. The maximum Gasteiger partial charge on any atom is 0.191 e. The van der Waals surface area contributed by atoms with Crippen molar-refractivity contribution in [1.29, 1.82) is 0 Å². The average molecular weight is 460 g/mol. The molecule has 3 aromatic rings. The van der Waals surface area contributed by atoms with Crippen LogP contribution in [0.15, 0.2) is 41.8 Å². The number of nitrogens with zero attached hydrogens (tertiary/aromatic N) is 4. The van der Waals surface area contributed by atoms with Crippen LogP contribution in [0, 0.1) is 0 Å². The predicted molar refractivity (Wildman–Crippen MR) is 122 cm³/mol. The van der Waals surface area contributed by atoms with Crippen LogP contribution in [-0.2, 0) is 4.74 Å². The molecule has 0 amide bonds. The monoisotopic (exact) mass is 459 g/mol. The Morgan fingerprint density at radius 3 is 2.66 bits per heavy atom.